The average Bonchev–Trinajstić information content (AvgIpc) is 3.35. The maximum absolute atomic E-state index is 12.5. The third kappa shape index (κ3) is 4.11. The summed E-state index contributed by atoms with van der Waals surface area (Å²) in [5.74, 6) is -0.363. The third-order valence-electron chi connectivity index (χ3n) is 4.93. The normalized spacial score (nSPS) is 16.4. The summed E-state index contributed by atoms with van der Waals surface area (Å²) in [5, 5.41) is 7.28. The first kappa shape index (κ1) is 18.0. The van der Waals surface area contributed by atoms with Crippen molar-refractivity contribution in [2.24, 2.45) is 5.92 Å². The molecule has 1 aliphatic rings. The van der Waals surface area contributed by atoms with Crippen LogP contribution in [0, 0.1) is 5.92 Å². The first-order valence-electron chi connectivity index (χ1n) is 9.37. The molecular weight excluding hydrogens is 352 g/mol. The second-order valence-electron chi connectivity index (χ2n) is 7.01. The van der Waals surface area contributed by atoms with Crippen LogP contribution in [-0.2, 0) is 22.7 Å². The molecule has 0 unspecified atom stereocenters. The van der Waals surface area contributed by atoms with Gasteiger partial charge in [0.1, 0.15) is 0 Å². The fourth-order valence-electron chi connectivity index (χ4n) is 3.41. The summed E-state index contributed by atoms with van der Waals surface area (Å²) in [6.45, 7) is 1.41. The predicted octanol–water partition coefficient (Wildman–Crippen LogP) is 2.54. The molecule has 2 amide bonds. The lowest BCUT2D eigenvalue weighted by Gasteiger charge is -2.16. The van der Waals surface area contributed by atoms with Gasteiger partial charge in [-0.05, 0) is 17.7 Å². The molecule has 1 aliphatic heterocycles. The molecule has 3 aromatic rings. The summed E-state index contributed by atoms with van der Waals surface area (Å²) in [4.78, 5) is 26.5. The van der Waals surface area contributed by atoms with Crippen molar-refractivity contribution in [1.29, 1.82) is 0 Å². The maximum Gasteiger partial charge on any atom is 0.225 e. The van der Waals surface area contributed by atoms with Gasteiger partial charge in [0.2, 0.25) is 11.8 Å². The quantitative estimate of drug-likeness (QED) is 0.721. The minimum absolute atomic E-state index is 0.0286. The van der Waals surface area contributed by atoms with Crippen molar-refractivity contribution < 1.29 is 9.59 Å². The number of nitrogens with one attached hydrogen (secondary N) is 1. The Balaban J connectivity index is 1.31. The Kier molecular flexibility index (Phi) is 5.19. The molecule has 2 heterocycles. The van der Waals surface area contributed by atoms with Gasteiger partial charge in [-0.15, -0.1) is 0 Å². The average molecular weight is 374 g/mol. The van der Waals surface area contributed by atoms with Gasteiger partial charge in [0, 0.05) is 37.8 Å². The Morgan fingerprint density at radius 1 is 1.04 bits per heavy atom. The third-order valence-corrected chi connectivity index (χ3v) is 4.93. The van der Waals surface area contributed by atoms with Crippen LogP contribution in [0.3, 0.4) is 0 Å². The molecule has 6 heteroatoms. The van der Waals surface area contributed by atoms with Crippen LogP contribution in [0.1, 0.15) is 17.5 Å². The first-order valence-corrected chi connectivity index (χ1v) is 9.37. The van der Waals surface area contributed by atoms with Crippen LogP contribution in [0.5, 0.6) is 0 Å². The highest BCUT2D eigenvalue weighted by Gasteiger charge is 2.34. The summed E-state index contributed by atoms with van der Waals surface area (Å²) < 4.78 is 1.78. The van der Waals surface area contributed by atoms with Crippen molar-refractivity contribution in [3.05, 3.63) is 84.2 Å². The molecule has 1 atom stereocenters. The lowest BCUT2D eigenvalue weighted by molar-refractivity contribution is -0.129. The second-order valence-corrected chi connectivity index (χ2v) is 7.01. The minimum Gasteiger partial charge on any atom is -0.352 e. The number of nitrogens with zero attached hydrogens (tertiary/aromatic N) is 3. The fraction of sp³-hybridized carbons (Fsp3) is 0.227. The summed E-state index contributed by atoms with van der Waals surface area (Å²) in [7, 11) is 0. The van der Waals surface area contributed by atoms with E-state index in [0.29, 0.717) is 19.6 Å². The van der Waals surface area contributed by atoms with Gasteiger partial charge in [0.05, 0.1) is 17.8 Å². The molecule has 1 saturated heterocycles. The van der Waals surface area contributed by atoms with Gasteiger partial charge in [-0.25, -0.2) is 4.68 Å². The van der Waals surface area contributed by atoms with Crippen molar-refractivity contribution >= 4 is 11.8 Å². The number of likely N-dealkylation sites (tertiary alicyclic amines) is 1. The van der Waals surface area contributed by atoms with Crippen LogP contribution in [0.4, 0.5) is 0 Å². The number of amides is 2. The van der Waals surface area contributed by atoms with Gasteiger partial charge in [-0.1, -0.05) is 48.5 Å². The molecular formula is C22H22N4O2. The molecule has 1 fully saturated rings. The van der Waals surface area contributed by atoms with Gasteiger partial charge in [-0.3, -0.25) is 9.59 Å². The molecule has 1 N–H and O–H groups in total. The molecule has 0 bridgehead atoms. The SMILES string of the molecule is O=C(NCc1cnn(-c2ccccc2)c1)[C@H]1CC(=O)N(Cc2ccccc2)C1. The molecule has 6 nitrogen and oxygen atoms in total. The van der Waals surface area contributed by atoms with Gasteiger partial charge >= 0.3 is 0 Å². The van der Waals surface area contributed by atoms with Crippen LogP contribution in [0.2, 0.25) is 0 Å². The Bertz CT molecular complexity index is 953. The van der Waals surface area contributed by atoms with Crippen molar-refractivity contribution in [3.63, 3.8) is 0 Å². The smallest absolute Gasteiger partial charge is 0.225 e. The van der Waals surface area contributed by atoms with E-state index in [2.05, 4.69) is 10.4 Å². The zero-order chi connectivity index (χ0) is 19.3. The van der Waals surface area contributed by atoms with E-state index in [9.17, 15) is 9.59 Å². The highest BCUT2D eigenvalue weighted by atomic mass is 16.2. The number of para-hydroxylation sites is 1. The standard InChI is InChI=1S/C22H22N4O2/c27-21-11-19(16-25(21)14-17-7-3-1-4-8-17)22(28)23-12-18-13-24-26(15-18)20-9-5-2-6-10-20/h1-10,13,15,19H,11-12,14,16H2,(H,23,28)/t19-/m0/s1. The van der Waals surface area contributed by atoms with Gasteiger partial charge < -0.3 is 10.2 Å². The molecule has 0 saturated carbocycles. The lowest BCUT2D eigenvalue weighted by Crippen LogP contribution is -2.32. The van der Waals surface area contributed by atoms with Crippen molar-refractivity contribution in [2.75, 3.05) is 6.54 Å². The van der Waals surface area contributed by atoms with E-state index in [-0.39, 0.29) is 24.2 Å². The summed E-state index contributed by atoms with van der Waals surface area (Å²) in [6, 6.07) is 19.7. The van der Waals surface area contributed by atoms with Crippen LogP contribution in [-0.4, -0.2) is 33.0 Å². The molecule has 0 spiro atoms. The Morgan fingerprint density at radius 3 is 2.50 bits per heavy atom. The zero-order valence-electron chi connectivity index (χ0n) is 15.5. The van der Waals surface area contributed by atoms with E-state index in [1.165, 1.54) is 0 Å². The van der Waals surface area contributed by atoms with Gasteiger partial charge in [-0.2, -0.15) is 5.10 Å². The molecule has 28 heavy (non-hydrogen) atoms. The van der Waals surface area contributed by atoms with Crippen molar-refractivity contribution in [3.8, 4) is 5.69 Å². The number of carbonyl (C=O) groups excluding carboxylic acids is 2. The van der Waals surface area contributed by atoms with E-state index >= 15 is 0 Å². The molecule has 0 aliphatic carbocycles. The summed E-state index contributed by atoms with van der Waals surface area (Å²) in [6.07, 6.45) is 3.91. The van der Waals surface area contributed by atoms with Crippen LogP contribution in [0.25, 0.3) is 5.69 Å². The molecule has 2 aromatic carbocycles. The number of carbonyl (C=O) groups is 2. The van der Waals surface area contributed by atoms with Crippen molar-refractivity contribution in [2.45, 2.75) is 19.5 Å². The number of benzene rings is 2. The van der Waals surface area contributed by atoms with E-state index in [4.69, 9.17) is 0 Å². The van der Waals surface area contributed by atoms with Crippen LogP contribution < -0.4 is 5.32 Å². The van der Waals surface area contributed by atoms with Crippen molar-refractivity contribution in [1.82, 2.24) is 20.0 Å². The fourth-order valence-corrected chi connectivity index (χ4v) is 3.41. The second kappa shape index (κ2) is 8.08. The highest BCUT2D eigenvalue weighted by molar-refractivity contribution is 5.89. The number of hydrogen-bond donors (Lipinski definition) is 1. The number of hydrogen-bond acceptors (Lipinski definition) is 3. The van der Waals surface area contributed by atoms with E-state index in [1.54, 1.807) is 15.8 Å². The largest absolute Gasteiger partial charge is 0.352 e. The van der Waals surface area contributed by atoms with E-state index in [1.807, 2.05) is 66.9 Å². The summed E-state index contributed by atoms with van der Waals surface area (Å²) >= 11 is 0. The summed E-state index contributed by atoms with van der Waals surface area (Å²) in [5.41, 5.74) is 2.96. The number of rotatable bonds is 6. The maximum atomic E-state index is 12.5. The Labute approximate surface area is 163 Å². The highest BCUT2D eigenvalue weighted by Crippen LogP contribution is 2.20. The van der Waals surface area contributed by atoms with Gasteiger partial charge in [0.15, 0.2) is 0 Å². The van der Waals surface area contributed by atoms with E-state index in [0.717, 1.165) is 16.8 Å². The zero-order valence-corrected chi connectivity index (χ0v) is 15.5. The van der Waals surface area contributed by atoms with Crippen LogP contribution >= 0.6 is 0 Å². The molecule has 142 valence electrons. The first-order chi connectivity index (χ1) is 13.7. The Hall–Kier alpha value is -3.41. The Morgan fingerprint density at radius 2 is 1.75 bits per heavy atom. The lowest BCUT2D eigenvalue weighted by atomic mass is 10.1. The molecule has 0 radical (unpaired) electrons. The predicted molar refractivity (Wildman–Crippen MR) is 105 cm³/mol. The molecule has 1 aromatic heterocycles. The topological polar surface area (TPSA) is 67.2 Å². The van der Waals surface area contributed by atoms with Crippen LogP contribution in [0.15, 0.2) is 73.1 Å². The van der Waals surface area contributed by atoms with Gasteiger partial charge in [0.25, 0.3) is 0 Å². The minimum atomic E-state index is -0.305. The monoisotopic (exact) mass is 374 g/mol. The number of aromatic nitrogens is 2. The van der Waals surface area contributed by atoms with E-state index < -0.39 is 0 Å². The molecule has 4 rings (SSSR count).